The zero-order valence-corrected chi connectivity index (χ0v) is 14.1. The monoisotopic (exact) mass is 336 g/mol. The van der Waals surface area contributed by atoms with Crippen LogP contribution in [0.5, 0.6) is 11.5 Å². The quantitative estimate of drug-likeness (QED) is 0.374. The van der Waals surface area contributed by atoms with Crippen LogP contribution in [0.25, 0.3) is 0 Å². The Morgan fingerprint density at radius 2 is 2.09 bits per heavy atom. The van der Waals surface area contributed by atoms with Gasteiger partial charge in [0.1, 0.15) is 6.29 Å². The highest BCUT2D eigenvalue weighted by Crippen LogP contribution is 2.28. The third kappa shape index (κ3) is 5.28. The standard InChI is InChI=1S/C16H20N2O4S/c1-3-15-17-18-16(22-15)23-9-5-8-21-13-7-6-12(11-19)10-14(13)20-4-2/h6-7,10-11H,3-5,8-9H2,1-2H3. The molecule has 0 saturated heterocycles. The second kappa shape index (κ2) is 9.19. The van der Waals surface area contributed by atoms with Crippen LogP contribution >= 0.6 is 11.8 Å². The lowest BCUT2D eigenvalue weighted by Gasteiger charge is -2.12. The van der Waals surface area contributed by atoms with E-state index in [0.29, 0.717) is 41.4 Å². The van der Waals surface area contributed by atoms with Crippen LogP contribution in [0.3, 0.4) is 0 Å². The molecule has 0 saturated carbocycles. The molecule has 0 unspecified atom stereocenters. The van der Waals surface area contributed by atoms with Crippen LogP contribution in [0.15, 0.2) is 27.8 Å². The Balaban J connectivity index is 1.78. The average molecular weight is 336 g/mol. The van der Waals surface area contributed by atoms with Crippen molar-refractivity contribution >= 4 is 18.0 Å². The van der Waals surface area contributed by atoms with Crippen LogP contribution < -0.4 is 9.47 Å². The Morgan fingerprint density at radius 3 is 2.78 bits per heavy atom. The van der Waals surface area contributed by atoms with Gasteiger partial charge in [-0.3, -0.25) is 4.79 Å². The number of aldehydes is 1. The number of nitrogens with zero attached hydrogens (tertiary/aromatic N) is 2. The summed E-state index contributed by atoms with van der Waals surface area (Å²) in [5.41, 5.74) is 0.569. The van der Waals surface area contributed by atoms with E-state index in [1.54, 1.807) is 18.2 Å². The van der Waals surface area contributed by atoms with Crippen LogP contribution in [0.4, 0.5) is 0 Å². The number of hydrogen-bond donors (Lipinski definition) is 0. The molecule has 0 amide bonds. The Morgan fingerprint density at radius 1 is 1.22 bits per heavy atom. The first-order chi connectivity index (χ1) is 11.3. The number of benzene rings is 1. The molecular weight excluding hydrogens is 316 g/mol. The minimum absolute atomic E-state index is 0.519. The molecule has 6 nitrogen and oxygen atoms in total. The van der Waals surface area contributed by atoms with Gasteiger partial charge in [0, 0.05) is 17.7 Å². The second-order valence-corrected chi connectivity index (χ2v) is 5.67. The van der Waals surface area contributed by atoms with Gasteiger partial charge in [0.15, 0.2) is 11.5 Å². The maximum atomic E-state index is 10.8. The summed E-state index contributed by atoms with van der Waals surface area (Å²) in [5, 5.41) is 8.46. The van der Waals surface area contributed by atoms with Gasteiger partial charge in [0.25, 0.3) is 5.22 Å². The van der Waals surface area contributed by atoms with Gasteiger partial charge in [-0.15, -0.1) is 10.2 Å². The smallest absolute Gasteiger partial charge is 0.276 e. The van der Waals surface area contributed by atoms with Gasteiger partial charge in [-0.25, -0.2) is 0 Å². The summed E-state index contributed by atoms with van der Waals surface area (Å²) in [7, 11) is 0. The van der Waals surface area contributed by atoms with E-state index in [2.05, 4.69) is 10.2 Å². The van der Waals surface area contributed by atoms with Crippen LogP contribution in [0, 0.1) is 0 Å². The molecule has 0 aliphatic heterocycles. The van der Waals surface area contributed by atoms with E-state index in [-0.39, 0.29) is 0 Å². The number of carbonyl (C=O) groups is 1. The maximum absolute atomic E-state index is 10.8. The van der Waals surface area contributed by atoms with Crippen LogP contribution in [0.2, 0.25) is 0 Å². The molecule has 0 aliphatic rings. The van der Waals surface area contributed by atoms with Gasteiger partial charge >= 0.3 is 0 Å². The SMILES string of the molecule is CCOc1cc(C=O)ccc1OCCCSc1nnc(CC)o1. The summed E-state index contributed by atoms with van der Waals surface area (Å²) >= 11 is 1.51. The summed E-state index contributed by atoms with van der Waals surface area (Å²) in [4.78, 5) is 10.8. The largest absolute Gasteiger partial charge is 0.490 e. The summed E-state index contributed by atoms with van der Waals surface area (Å²) in [6.45, 7) is 4.93. The minimum atomic E-state index is 0.519. The fraction of sp³-hybridized carbons (Fsp3) is 0.438. The molecule has 1 heterocycles. The molecule has 0 spiro atoms. The minimum Gasteiger partial charge on any atom is -0.490 e. The van der Waals surface area contributed by atoms with E-state index in [4.69, 9.17) is 13.9 Å². The predicted molar refractivity (Wildman–Crippen MR) is 87.5 cm³/mol. The maximum Gasteiger partial charge on any atom is 0.276 e. The Bertz CT molecular complexity index is 630. The number of aromatic nitrogens is 2. The molecule has 0 bridgehead atoms. The van der Waals surface area contributed by atoms with E-state index in [1.165, 1.54) is 11.8 Å². The number of hydrogen-bond acceptors (Lipinski definition) is 7. The van der Waals surface area contributed by atoms with Gasteiger partial charge in [-0.05, 0) is 31.5 Å². The first-order valence-corrected chi connectivity index (χ1v) is 8.55. The van der Waals surface area contributed by atoms with Gasteiger partial charge in [-0.2, -0.15) is 0 Å². The molecule has 0 fully saturated rings. The second-order valence-electron chi connectivity index (χ2n) is 4.62. The fourth-order valence-corrected chi connectivity index (χ4v) is 2.52. The average Bonchev–Trinajstić information content (AvgIpc) is 3.04. The summed E-state index contributed by atoms with van der Waals surface area (Å²) in [6.07, 6.45) is 2.36. The van der Waals surface area contributed by atoms with Crippen molar-refractivity contribution in [2.75, 3.05) is 19.0 Å². The van der Waals surface area contributed by atoms with Crippen LogP contribution in [-0.2, 0) is 6.42 Å². The first-order valence-electron chi connectivity index (χ1n) is 7.56. The van der Waals surface area contributed by atoms with Crippen molar-refractivity contribution in [3.63, 3.8) is 0 Å². The van der Waals surface area contributed by atoms with Crippen molar-refractivity contribution < 1.29 is 18.7 Å². The molecule has 23 heavy (non-hydrogen) atoms. The Labute approximate surface area is 139 Å². The molecule has 0 atom stereocenters. The van der Waals surface area contributed by atoms with Gasteiger partial charge in [0.05, 0.1) is 13.2 Å². The molecule has 1 aromatic heterocycles. The van der Waals surface area contributed by atoms with Gasteiger partial charge < -0.3 is 13.9 Å². The van der Waals surface area contributed by atoms with E-state index in [0.717, 1.165) is 24.9 Å². The number of aryl methyl sites for hydroxylation is 1. The topological polar surface area (TPSA) is 74.5 Å². The number of ether oxygens (including phenoxy) is 2. The lowest BCUT2D eigenvalue weighted by Crippen LogP contribution is -2.02. The zero-order valence-electron chi connectivity index (χ0n) is 13.3. The molecule has 124 valence electrons. The van der Waals surface area contributed by atoms with Crippen molar-refractivity contribution in [2.45, 2.75) is 31.9 Å². The molecule has 1 aromatic carbocycles. The molecule has 7 heteroatoms. The van der Waals surface area contributed by atoms with Crippen LogP contribution in [0.1, 0.15) is 36.5 Å². The van der Waals surface area contributed by atoms with Crippen molar-refractivity contribution in [3.05, 3.63) is 29.7 Å². The number of rotatable bonds is 10. The number of carbonyl (C=O) groups excluding carboxylic acids is 1. The van der Waals surface area contributed by atoms with E-state index >= 15 is 0 Å². The molecule has 0 aliphatic carbocycles. The van der Waals surface area contributed by atoms with E-state index in [1.807, 2.05) is 13.8 Å². The van der Waals surface area contributed by atoms with Crippen molar-refractivity contribution in [2.24, 2.45) is 0 Å². The highest BCUT2D eigenvalue weighted by atomic mass is 32.2. The molecule has 0 N–H and O–H groups in total. The van der Waals surface area contributed by atoms with E-state index in [9.17, 15) is 4.79 Å². The van der Waals surface area contributed by atoms with Crippen LogP contribution in [-0.4, -0.2) is 35.5 Å². The van der Waals surface area contributed by atoms with Gasteiger partial charge in [0.2, 0.25) is 5.89 Å². The Hall–Kier alpha value is -2.02. The lowest BCUT2D eigenvalue weighted by atomic mass is 10.2. The number of thioether (sulfide) groups is 1. The fourth-order valence-electron chi connectivity index (χ4n) is 1.83. The third-order valence-corrected chi connectivity index (χ3v) is 3.83. The predicted octanol–water partition coefficient (Wildman–Crippen LogP) is 3.40. The molecule has 2 aromatic rings. The summed E-state index contributed by atoms with van der Waals surface area (Å²) in [5.74, 6) is 2.71. The highest BCUT2D eigenvalue weighted by Gasteiger charge is 2.07. The normalized spacial score (nSPS) is 10.5. The Kier molecular flexibility index (Phi) is 6.93. The van der Waals surface area contributed by atoms with E-state index < -0.39 is 0 Å². The highest BCUT2D eigenvalue weighted by molar-refractivity contribution is 7.99. The summed E-state index contributed by atoms with van der Waals surface area (Å²) < 4.78 is 16.7. The van der Waals surface area contributed by atoms with Crippen molar-refractivity contribution in [3.8, 4) is 11.5 Å². The third-order valence-electron chi connectivity index (χ3n) is 2.93. The summed E-state index contributed by atoms with van der Waals surface area (Å²) in [6, 6.07) is 5.16. The lowest BCUT2D eigenvalue weighted by molar-refractivity contribution is 0.112. The zero-order chi connectivity index (χ0) is 16.5. The molecule has 2 rings (SSSR count). The molecule has 0 radical (unpaired) electrons. The van der Waals surface area contributed by atoms with Crippen molar-refractivity contribution in [1.29, 1.82) is 0 Å². The first kappa shape index (κ1) is 17.3. The van der Waals surface area contributed by atoms with Crippen molar-refractivity contribution in [1.82, 2.24) is 10.2 Å². The van der Waals surface area contributed by atoms with Gasteiger partial charge in [-0.1, -0.05) is 18.7 Å². The molecular formula is C16H20N2O4S.